The molecule has 0 bridgehead atoms. The molecule has 2 amide bonds. The number of amides is 2. The van der Waals surface area contributed by atoms with Crippen molar-refractivity contribution in [2.45, 2.75) is 6.92 Å². The molecule has 0 aliphatic rings. The first-order valence-electron chi connectivity index (χ1n) is 6.65. The zero-order valence-electron chi connectivity index (χ0n) is 12.0. The van der Waals surface area contributed by atoms with Gasteiger partial charge in [0.15, 0.2) is 0 Å². The first-order chi connectivity index (χ1) is 10.5. The molecule has 0 atom stereocenters. The maximum Gasteiger partial charge on any atom is 0.248 e. The molecular weight excluding hydrogens is 302 g/mol. The normalized spacial score (nSPS) is 10.1. The minimum Gasteiger partial charge on any atom is -0.376 e. The zero-order chi connectivity index (χ0) is 16.1. The molecular formula is C16H16ClN3O2. The molecule has 2 aromatic rings. The number of nitrogens with two attached hydrogens (primary N) is 1. The summed E-state index contributed by atoms with van der Waals surface area (Å²) in [4.78, 5) is 23.1. The van der Waals surface area contributed by atoms with Crippen molar-refractivity contribution >= 4 is 34.8 Å². The van der Waals surface area contributed by atoms with Gasteiger partial charge >= 0.3 is 0 Å². The number of carbonyl (C=O) groups is 2. The van der Waals surface area contributed by atoms with Gasteiger partial charge in [-0.3, -0.25) is 9.59 Å². The molecule has 114 valence electrons. The quantitative estimate of drug-likeness (QED) is 0.792. The minimum absolute atomic E-state index is 0.0637. The molecule has 5 nitrogen and oxygen atoms in total. The summed E-state index contributed by atoms with van der Waals surface area (Å²) in [5, 5.41) is 6.28. The van der Waals surface area contributed by atoms with Crippen molar-refractivity contribution in [2.75, 3.05) is 17.2 Å². The molecule has 0 aliphatic heterocycles. The Balaban J connectivity index is 1.97. The molecule has 0 radical (unpaired) electrons. The average Bonchev–Trinajstić information content (AvgIpc) is 2.49. The summed E-state index contributed by atoms with van der Waals surface area (Å²) in [5.41, 5.74) is 7.84. The van der Waals surface area contributed by atoms with E-state index in [9.17, 15) is 9.59 Å². The summed E-state index contributed by atoms with van der Waals surface area (Å²) in [6.45, 7) is 1.95. The third-order valence-corrected chi connectivity index (χ3v) is 3.31. The Bertz CT molecular complexity index is 716. The van der Waals surface area contributed by atoms with E-state index in [0.29, 0.717) is 22.0 Å². The van der Waals surface area contributed by atoms with Gasteiger partial charge in [0.1, 0.15) is 0 Å². The van der Waals surface area contributed by atoms with Crippen LogP contribution in [0.2, 0.25) is 5.02 Å². The van der Waals surface area contributed by atoms with Gasteiger partial charge in [-0.05, 0) is 42.8 Å². The zero-order valence-corrected chi connectivity index (χ0v) is 12.8. The van der Waals surface area contributed by atoms with Crippen LogP contribution in [-0.2, 0) is 4.79 Å². The summed E-state index contributed by atoms with van der Waals surface area (Å²) in [7, 11) is 0. The highest BCUT2D eigenvalue weighted by Crippen LogP contribution is 2.20. The fourth-order valence-electron chi connectivity index (χ4n) is 1.89. The summed E-state index contributed by atoms with van der Waals surface area (Å²) in [6.07, 6.45) is 0. The molecule has 2 aromatic carbocycles. The van der Waals surface area contributed by atoms with Gasteiger partial charge in [0.25, 0.3) is 0 Å². The predicted octanol–water partition coefficient (Wildman–Crippen LogP) is 2.80. The maximum atomic E-state index is 12.0. The number of halogens is 1. The highest BCUT2D eigenvalue weighted by atomic mass is 35.5. The number of hydrogen-bond donors (Lipinski definition) is 3. The van der Waals surface area contributed by atoms with Gasteiger partial charge in [0.2, 0.25) is 11.8 Å². The number of carbonyl (C=O) groups excluding carboxylic acids is 2. The second-order valence-corrected chi connectivity index (χ2v) is 5.24. The Morgan fingerprint density at radius 2 is 1.95 bits per heavy atom. The highest BCUT2D eigenvalue weighted by Gasteiger charge is 2.06. The van der Waals surface area contributed by atoms with Crippen LogP contribution < -0.4 is 16.4 Å². The van der Waals surface area contributed by atoms with Gasteiger partial charge in [-0.15, -0.1) is 0 Å². The fourth-order valence-corrected chi connectivity index (χ4v) is 2.06. The molecule has 0 saturated carbocycles. The molecule has 0 heterocycles. The Morgan fingerprint density at radius 1 is 1.18 bits per heavy atom. The van der Waals surface area contributed by atoms with Gasteiger partial charge in [0.05, 0.1) is 6.54 Å². The minimum atomic E-state index is -0.511. The average molecular weight is 318 g/mol. The van der Waals surface area contributed by atoms with Gasteiger partial charge in [-0.1, -0.05) is 23.7 Å². The molecule has 6 heteroatoms. The van der Waals surface area contributed by atoms with Crippen molar-refractivity contribution in [3.8, 4) is 0 Å². The molecule has 4 N–H and O–H groups in total. The lowest BCUT2D eigenvalue weighted by atomic mass is 10.2. The lowest BCUT2D eigenvalue weighted by molar-refractivity contribution is -0.114. The van der Waals surface area contributed by atoms with Crippen LogP contribution in [0.15, 0.2) is 42.5 Å². The third-order valence-electron chi connectivity index (χ3n) is 3.07. The molecule has 2 rings (SSSR count). The standard InChI is InChI=1S/C16H16ClN3O2/c1-10-5-6-12(17)8-14(10)20-15(21)9-19-13-4-2-3-11(7-13)16(18)22/h2-8,19H,9H2,1H3,(H2,18,22)(H,20,21). The first kappa shape index (κ1) is 15.9. The molecule has 0 unspecified atom stereocenters. The SMILES string of the molecule is Cc1ccc(Cl)cc1NC(=O)CNc1cccc(C(N)=O)c1. The molecule has 0 spiro atoms. The van der Waals surface area contributed by atoms with E-state index in [2.05, 4.69) is 10.6 Å². The predicted molar refractivity (Wildman–Crippen MR) is 88.3 cm³/mol. The Labute approximate surface area is 133 Å². The van der Waals surface area contributed by atoms with Crippen LogP contribution in [0.25, 0.3) is 0 Å². The van der Waals surface area contributed by atoms with Crippen molar-refractivity contribution in [3.63, 3.8) is 0 Å². The van der Waals surface area contributed by atoms with Crippen LogP contribution in [0.1, 0.15) is 15.9 Å². The number of aryl methyl sites for hydroxylation is 1. The molecule has 0 fully saturated rings. The van der Waals surface area contributed by atoms with Crippen LogP contribution in [0.3, 0.4) is 0 Å². The van der Waals surface area contributed by atoms with E-state index < -0.39 is 5.91 Å². The highest BCUT2D eigenvalue weighted by molar-refractivity contribution is 6.31. The van der Waals surface area contributed by atoms with Gasteiger partial charge in [0, 0.05) is 22.0 Å². The van der Waals surface area contributed by atoms with E-state index in [1.165, 1.54) is 0 Å². The topological polar surface area (TPSA) is 84.2 Å². The first-order valence-corrected chi connectivity index (χ1v) is 7.03. The van der Waals surface area contributed by atoms with Crippen LogP contribution in [0.5, 0.6) is 0 Å². The Morgan fingerprint density at radius 3 is 2.68 bits per heavy atom. The van der Waals surface area contributed by atoms with Crippen molar-refractivity contribution < 1.29 is 9.59 Å². The number of anilines is 2. The second kappa shape index (κ2) is 6.95. The largest absolute Gasteiger partial charge is 0.376 e. The summed E-state index contributed by atoms with van der Waals surface area (Å²) in [5.74, 6) is -0.725. The molecule has 0 aromatic heterocycles. The summed E-state index contributed by atoms with van der Waals surface area (Å²) in [6, 6.07) is 12.0. The van der Waals surface area contributed by atoms with Gasteiger partial charge < -0.3 is 16.4 Å². The number of rotatable bonds is 5. The van der Waals surface area contributed by atoms with Gasteiger partial charge in [-0.25, -0.2) is 0 Å². The lowest BCUT2D eigenvalue weighted by Gasteiger charge is -2.10. The van der Waals surface area contributed by atoms with Crippen LogP contribution in [0, 0.1) is 6.92 Å². The van der Waals surface area contributed by atoms with Crippen LogP contribution in [-0.4, -0.2) is 18.4 Å². The summed E-state index contributed by atoms with van der Waals surface area (Å²) < 4.78 is 0. The summed E-state index contributed by atoms with van der Waals surface area (Å²) >= 11 is 5.91. The Kier molecular flexibility index (Phi) is 5.01. The van der Waals surface area contributed by atoms with E-state index in [4.69, 9.17) is 17.3 Å². The van der Waals surface area contributed by atoms with Gasteiger partial charge in [-0.2, -0.15) is 0 Å². The van der Waals surface area contributed by atoms with Crippen molar-refractivity contribution in [1.29, 1.82) is 0 Å². The van der Waals surface area contributed by atoms with E-state index in [1.54, 1.807) is 36.4 Å². The van der Waals surface area contributed by atoms with Crippen molar-refractivity contribution in [1.82, 2.24) is 0 Å². The smallest absolute Gasteiger partial charge is 0.248 e. The number of nitrogens with one attached hydrogen (secondary N) is 2. The van der Waals surface area contributed by atoms with E-state index in [1.807, 2.05) is 13.0 Å². The Hall–Kier alpha value is -2.53. The number of primary amides is 1. The maximum absolute atomic E-state index is 12.0. The number of benzene rings is 2. The second-order valence-electron chi connectivity index (χ2n) is 4.81. The number of hydrogen-bond acceptors (Lipinski definition) is 3. The van der Waals surface area contributed by atoms with Crippen molar-refractivity contribution in [2.24, 2.45) is 5.73 Å². The fraction of sp³-hybridized carbons (Fsp3) is 0.125. The van der Waals surface area contributed by atoms with Crippen molar-refractivity contribution in [3.05, 3.63) is 58.6 Å². The molecule has 22 heavy (non-hydrogen) atoms. The van der Waals surface area contributed by atoms with E-state index in [0.717, 1.165) is 5.56 Å². The lowest BCUT2D eigenvalue weighted by Crippen LogP contribution is -2.22. The monoisotopic (exact) mass is 317 g/mol. The van der Waals surface area contributed by atoms with Crippen LogP contribution in [0.4, 0.5) is 11.4 Å². The third kappa shape index (κ3) is 4.23. The van der Waals surface area contributed by atoms with E-state index >= 15 is 0 Å². The molecule has 0 saturated heterocycles. The van der Waals surface area contributed by atoms with E-state index in [-0.39, 0.29) is 12.5 Å². The molecule has 0 aliphatic carbocycles. The van der Waals surface area contributed by atoms with Crippen LogP contribution >= 0.6 is 11.6 Å².